The Labute approximate surface area is 76.1 Å². The Morgan fingerprint density at radius 1 is 1.38 bits per heavy atom. The Bertz CT molecular complexity index is 382. The van der Waals surface area contributed by atoms with Crippen molar-refractivity contribution in [2.45, 2.75) is 6.92 Å². The normalized spacial score (nSPS) is 15.5. The van der Waals surface area contributed by atoms with Gasteiger partial charge in [-0.25, -0.2) is 4.79 Å². The van der Waals surface area contributed by atoms with E-state index in [-0.39, 0.29) is 0 Å². The number of cyclic esters (lactones) is 1. The maximum Gasteiger partial charge on any atom is 0.434 e. The molecule has 0 saturated carbocycles. The van der Waals surface area contributed by atoms with Crippen LogP contribution in [0.25, 0.3) is 0 Å². The van der Waals surface area contributed by atoms with Crippen LogP contribution >= 0.6 is 0 Å². The monoisotopic (exact) mass is 175 g/mol. The van der Waals surface area contributed by atoms with Crippen LogP contribution in [-0.2, 0) is 4.74 Å². The molecule has 0 N–H and O–H groups in total. The molecule has 0 aromatic heterocycles. The lowest BCUT2D eigenvalue weighted by Crippen LogP contribution is -2.04. The molecule has 0 aliphatic carbocycles. The molecule has 1 heterocycles. The van der Waals surface area contributed by atoms with Crippen molar-refractivity contribution in [2.24, 2.45) is 4.99 Å². The van der Waals surface area contributed by atoms with Gasteiger partial charge in [0.1, 0.15) is 6.61 Å². The summed E-state index contributed by atoms with van der Waals surface area (Å²) in [7, 11) is 0. The summed E-state index contributed by atoms with van der Waals surface area (Å²) >= 11 is 0. The van der Waals surface area contributed by atoms with Gasteiger partial charge in [0.15, 0.2) is 0 Å². The third kappa shape index (κ3) is 1.45. The molecular formula is C10H9NO2. The van der Waals surface area contributed by atoms with Gasteiger partial charge in [-0.1, -0.05) is 24.3 Å². The van der Waals surface area contributed by atoms with Crippen molar-refractivity contribution in [1.82, 2.24) is 0 Å². The van der Waals surface area contributed by atoms with Crippen LogP contribution in [-0.4, -0.2) is 18.4 Å². The first-order valence-electron chi connectivity index (χ1n) is 4.08. The topological polar surface area (TPSA) is 38.7 Å². The van der Waals surface area contributed by atoms with Crippen molar-refractivity contribution in [3.05, 3.63) is 35.4 Å². The molecule has 1 aromatic rings. The minimum Gasteiger partial charge on any atom is -0.441 e. The summed E-state index contributed by atoms with van der Waals surface area (Å²) < 4.78 is 4.73. The summed E-state index contributed by atoms with van der Waals surface area (Å²) in [6.07, 6.45) is -0.488. The van der Waals surface area contributed by atoms with Gasteiger partial charge in [-0.05, 0) is 12.5 Å². The summed E-state index contributed by atoms with van der Waals surface area (Å²) in [5, 5.41) is 0. The maximum absolute atomic E-state index is 10.7. The predicted molar refractivity (Wildman–Crippen MR) is 49.1 cm³/mol. The van der Waals surface area contributed by atoms with Crippen LogP contribution in [0.1, 0.15) is 11.1 Å². The third-order valence-corrected chi connectivity index (χ3v) is 2.01. The van der Waals surface area contributed by atoms with E-state index in [0.29, 0.717) is 6.61 Å². The van der Waals surface area contributed by atoms with E-state index in [0.717, 1.165) is 16.8 Å². The Hall–Kier alpha value is -1.64. The number of amides is 1. The molecule has 0 saturated heterocycles. The van der Waals surface area contributed by atoms with Crippen LogP contribution in [0.2, 0.25) is 0 Å². The zero-order valence-corrected chi connectivity index (χ0v) is 7.28. The summed E-state index contributed by atoms with van der Waals surface area (Å²) in [6, 6.07) is 7.81. The SMILES string of the molecule is Cc1ccccc1C1=NC(=O)OC1. The van der Waals surface area contributed by atoms with Crippen LogP contribution < -0.4 is 0 Å². The number of carbonyl (C=O) groups excluding carboxylic acids is 1. The summed E-state index contributed by atoms with van der Waals surface area (Å²) in [4.78, 5) is 14.5. The Morgan fingerprint density at radius 2 is 2.15 bits per heavy atom. The molecule has 1 aromatic carbocycles. The third-order valence-electron chi connectivity index (χ3n) is 2.01. The van der Waals surface area contributed by atoms with E-state index in [2.05, 4.69) is 4.99 Å². The number of aryl methyl sites for hydroxylation is 1. The molecule has 2 rings (SSSR count). The van der Waals surface area contributed by atoms with E-state index in [1.807, 2.05) is 31.2 Å². The molecule has 0 atom stereocenters. The van der Waals surface area contributed by atoms with Gasteiger partial charge < -0.3 is 4.74 Å². The number of ether oxygens (including phenoxy) is 1. The fourth-order valence-corrected chi connectivity index (χ4v) is 1.34. The van der Waals surface area contributed by atoms with E-state index in [9.17, 15) is 4.79 Å². The number of hydrogen-bond donors (Lipinski definition) is 0. The van der Waals surface area contributed by atoms with Crippen LogP contribution in [0.3, 0.4) is 0 Å². The minimum atomic E-state index is -0.488. The van der Waals surface area contributed by atoms with Crippen molar-refractivity contribution in [2.75, 3.05) is 6.61 Å². The zero-order chi connectivity index (χ0) is 9.26. The quantitative estimate of drug-likeness (QED) is 0.654. The second kappa shape index (κ2) is 3.01. The van der Waals surface area contributed by atoms with Crippen LogP contribution in [0, 0.1) is 6.92 Å². The van der Waals surface area contributed by atoms with Crippen LogP contribution in [0.5, 0.6) is 0 Å². The van der Waals surface area contributed by atoms with Crippen molar-refractivity contribution in [3.8, 4) is 0 Å². The smallest absolute Gasteiger partial charge is 0.434 e. The summed E-state index contributed by atoms with van der Waals surface area (Å²) in [5.74, 6) is 0. The highest BCUT2D eigenvalue weighted by atomic mass is 16.6. The first-order chi connectivity index (χ1) is 6.27. The van der Waals surface area contributed by atoms with E-state index in [4.69, 9.17) is 4.74 Å². The molecule has 13 heavy (non-hydrogen) atoms. The fraction of sp³-hybridized carbons (Fsp3) is 0.200. The van der Waals surface area contributed by atoms with Crippen molar-refractivity contribution >= 4 is 11.8 Å². The molecule has 1 aliphatic heterocycles. The fourth-order valence-electron chi connectivity index (χ4n) is 1.34. The van der Waals surface area contributed by atoms with Gasteiger partial charge in [0, 0.05) is 5.56 Å². The molecule has 0 radical (unpaired) electrons. The zero-order valence-electron chi connectivity index (χ0n) is 7.28. The van der Waals surface area contributed by atoms with Crippen molar-refractivity contribution < 1.29 is 9.53 Å². The lowest BCUT2D eigenvalue weighted by atomic mass is 10.1. The predicted octanol–water partition coefficient (Wildman–Crippen LogP) is 1.93. The number of rotatable bonds is 1. The van der Waals surface area contributed by atoms with Gasteiger partial charge in [0.25, 0.3) is 0 Å². The molecular weight excluding hydrogens is 166 g/mol. The van der Waals surface area contributed by atoms with Gasteiger partial charge in [-0.2, -0.15) is 4.99 Å². The average molecular weight is 175 g/mol. The molecule has 3 heteroatoms. The maximum atomic E-state index is 10.7. The van der Waals surface area contributed by atoms with Gasteiger partial charge in [-0.3, -0.25) is 0 Å². The van der Waals surface area contributed by atoms with Crippen LogP contribution in [0.15, 0.2) is 29.3 Å². The molecule has 1 amide bonds. The van der Waals surface area contributed by atoms with E-state index < -0.39 is 6.09 Å². The lowest BCUT2D eigenvalue weighted by Gasteiger charge is -2.01. The highest BCUT2D eigenvalue weighted by Gasteiger charge is 2.17. The number of hydrogen-bond acceptors (Lipinski definition) is 2. The average Bonchev–Trinajstić information content (AvgIpc) is 2.53. The molecule has 0 unspecified atom stereocenters. The number of benzene rings is 1. The molecule has 66 valence electrons. The van der Waals surface area contributed by atoms with Crippen LogP contribution in [0.4, 0.5) is 4.79 Å². The molecule has 0 fully saturated rings. The van der Waals surface area contributed by atoms with E-state index >= 15 is 0 Å². The largest absolute Gasteiger partial charge is 0.441 e. The minimum absolute atomic E-state index is 0.295. The molecule has 0 spiro atoms. The Kier molecular flexibility index (Phi) is 1.85. The van der Waals surface area contributed by atoms with Crippen molar-refractivity contribution in [1.29, 1.82) is 0 Å². The standard InChI is InChI=1S/C10H9NO2/c1-7-4-2-3-5-8(7)9-6-13-10(12)11-9/h2-5H,6H2,1H3. The van der Waals surface area contributed by atoms with E-state index in [1.165, 1.54) is 0 Å². The van der Waals surface area contributed by atoms with Gasteiger partial charge in [0.2, 0.25) is 0 Å². The number of aliphatic imine (C=N–C) groups is 1. The first-order valence-corrected chi connectivity index (χ1v) is 4.08. The summed E-state index contributed by atoms with van der Waals surface area (Å²) in [6.45, 7) is 2.28. The molecule has 0 bridgehead atoms. The summed E-state index contributed by atoms with van der Waals surface area (Å²) in [5.41, 5.74) is 2.83. The Balaban J connectivity index is 2.41. The lowest BCUT2D eigenvalue weighted by molar-refractivity contribution is 0.181. The van der Waals surface area contributed by atoms with Gasteiger partial charge in [-0.15, -0.1) is 0 Å². The number of nitrogens with zero attached hydrogens (tertiary/aromatic N) is 1. The van der Waals surface area contributed by atoms with Gasteiger partial charge >= 0.3 is 6.09 Å². The number of carbonyl (C=O) groups is 1. The second-order valence-corrected chi connectivity index (χ2v) is 2.93. The highest BCUT2D eigenvalue weighted by molar-refractivity contribution is 6.10. The second-order valence-electron chi connectivity index (χ2n) is 2.93. The Morgan fingerprint density at radius 3 is 2.77 bits per heavy atom. The van der Waals surface area contributed by atoms with Gasteiger partial charge in [0.05, 0.1) is 5.71 Å². The van der Waals surface area contributed by atoms with Crippen molar-refractivity contribution in [3.63, 3.8) is 0 Å². The molecule has 1 aliphatic rings. The highest BCUT2D eigenvalue weighted by Crippen LogP contribution is 2.12. The van der Waals surface area contributed by atoms with E-state index in [1.54, 1.807) is 0 Å². The molecule has 3 nitrogen and oxygen atoms in total. The first kappa shape index (κ1) is 7.98.